The van der Waals surface area contributed by atoms with Gasteiger partial charge in [-0.05, 0) is 24.7 Å². The molecule has 2 aliphatic rings. The van der Waals surface area contributed by atoms with E-state index in [-0.39, 0.29) is 22.9 Å². The monoisotopic (exact) mass is 242 g/mol. The molecule has 0 aromatic rings. The lowest BCUT2D eigenvalue weighted by molar-refractivity contribution is -0.148. The van der Waals surface area contributed by atoms with Gasteiger partial charge in [-0.15, -0.1) is 0 Å². The SMILES string of the molecule is COCC1([C@H]2[C@H](C(=O)O)C2(C)C)CCCCO1. The molecule has 1 saturated heterocycles. The normalized spacial score (nSPS) is 39.9. The fourth-order valence-corrected chi connectivity index (χ4v) is 3.65. The van der Waals surface area contributed by atoms with Crippen molar-refractivity contribution in [3.05, 3.63) is 0 Å². The number of methoxy groups -OCH3 is 1. The summed E-state index contributed by atoms with van der Waals surface area (Å²) < 4.78 is 11.2. The Labute approximate surface area is 102 Å². The summed E-state index contributed by atoms with van der Waals surface area (Å²) in [7, 11) is 1.66. The Morgan fingerprint density at radius 3 is 2.59 bits per heavy atom. The van der Waals surface area contributed by atoms with Crippen molar-refractivity contribution >= 4 is 5.97 Å². The van der Waals surface area contributed by atoms with Crippen molar-refractivity contribution in [2.45, 2.75) is 38.7 Å². The topological polar surface area (TPSA) is 55.8 Å². The molecule has 0 spiro atoms. The molecule has 17 heavy (non-hydrogen) atoms. The molecule has 3 atom stereocenters. The van der Waals surface area contributed by atoms with E-state index in [9.17, 15) is 9.90 Å². The lowest BCUT2D eigenvalue weighted by Gasteiger charge is -2.38. The highest BCUT2D eigenvalue weighted by Crippen LogP contribution is 2.65. The predicted molar refractivity (Wildman–Crippen MR) is 62.8 cm³/mol. The van der Waals surface area contributed by atoms with Crippen LogP contribution in [-0.2, 0) is 14.3 Å². The number of carboxylic acids is 1. The zero-order valence-electron chi connectivity index (χ0n) is 10.9. The van der Waals surface area contributed by atoms with Gasteiger partial charge in [0.05, 0.1) is 18.1 Å². The van der Waals surface area contributed by atoms with Gasteiger partial charge in [-0.2, -0.15) is 0 Å². The van der Waals surface area contributed by atoms with Gasteiger partial charge in [0, 0.05) is 19.6 Å². The van der Waals surface area contributed by atoms with E-state index in [2.05, 4.69) is 0 Å². The Morgan fingerprint density at radius 1 is 1.47 bits per heavy atom. The molecule has 4 heteroatoms. The smallest absolute Gasteiger partial charge is 0.307 e. The maximum atomic E-state index is 11.3. The Kier molecular flexibility index (Phi) is 3.21. The molecule has 98 valence electrons. The predicted octanol–water partition coefficient (Wildman–Crippen LogP) is 1.93. The van der Waals surface area contributed by atoms with Crippen LogP contribution in [0.4, 0.5) is 0 Å². The second kappa shape index (κ2) is 4.25. The number of ether oxygens (including phenoxy) is 2. The fraction of sp³-hybridized carbons (Fsp3) is 0.923. The third kappa shape index (κ3) is 1.97. The van der Waals surface area contributed by atoms with Gasteiger partial charge < -0.3 is 14.6 Å². The summed E-state index contributed by atoms with van der Waals surface area (Å²) in [6.45, 7) is 5.27. The van der Waals surface area contributed by atoms with E-state index < -0.39 is 5.97 Å². The molecule has 0 bridgehead atoms. The third-order valence-corrected chi connectivity index (χ3v) is 4.43. The van der Waals surface area contributed by atoms with Crippen LogP contribution < -0.4 is 0 Å². The minimum atomic E-state index is -0.704. The standard InChI is InChI=1S/C13H22O4/c1-12(2)9(11(14)15)10(12)13(8-16-3)6-4-5-7-17-13/h9-10H,4-8H2,1-3H3,(H,14,15)/t9-,10+,13?/m1/s1. The summed E-state index contributed by atoms with van der Waals surface area (Å²) in [6.07, 6.45) is 3.08. The Balaban J connectivity index is 2.20. The quantitative estimate of drug-likeness (QED) is 0.818. The molecule has 1 N–H and O–H groups in total. The molecule has 0 amide bonds. The molecule has 2 rings (SSSR count). The van der Waals surface area contributed by atoms with Crippen molar-refractivity contribution in [3.63, 3.8) is 0 Å². The van der Waals surface area contributed by atoms with Crippen LogP contribution in [0.2, 0.25) is 0 Å². The van der Waals surface area contributed by atoms with Crippen LogP contribution in [0.1, 0.15) is 33.1 Å². The second-order valence-electron chi connectivity index (χ2n) is 5.92. The van der Waals surface area contributed by atoms with E-state index in [0.29, 0.717) is 6.61 Å². The van der Waals surface area contributed by atoms with Crippen molar-refractivity contribution in [1.82, 2.24) is 0 Å². The van der Waals surface area contributed by atoms with Crippen molar-refractivity contribution in [1.29, 1.82) is 0 Å². The molecule has 1 aliphatic carbocycles. The Bertz CT molecular complexity index is 299. The van der Waals surface area contributed by atoms with E-state index in [1.54, 1.807) is 7.11 Å². The first-order valence-corrected chi connectivity index (χ1v) is 6.31. The van der Waals surface area contributed by atoms with Crippen LogP contribution in [0, 0.1) is 17.3 Å². The number of rotatable bonds is 4. The van der Waals surface area contributed by atoms with Gasteiger partial charge in [-0.3, -0.25) is 4.79 Å². The number of carbonyl (C=O) groups is 1. The third-order valence-electron chi connectivity index (χ3n) is 4.43. The van der Waals surface area contributed by atoms with Crippen molar-refractivity contribution in [2.75, 3.05) is 20.3 Å². The molecule has 0 radical (unpaired) electrons. The summed E-state index contributed by atoms with van der Waals surface area (Å²) in [4.78, 5) is 11.3. The number of aliphatic carboxylic acids is 1. The van der Waals surface area contributed by atoms with Gasteiger partial charge in [-0.25, -0.2) is 0 Å². The van der Waals surface area contributed by atoms with Crippen LogP contribution in [0.5, 0.6) is 0 Å². The van der Waals surface area contributed by atoms with Gasteiger partial charge >= 0.3 is 5.97 Å². The number of hydrogen-bond acceptors (Lipinski definition) is 3. The van der Waals surface area contributed by atoms with Crippen molar-refractivity contribution in [2.24, 2.45) is 17.3 Å². The van der Waals surface area contributed by atoms with Crippen molar-refractivity contribution in [3.8, 4) is 0 Å². The van der Waals surface area contributed by atoms with Gasteiger partial charge in [0.25, 0.3) is 0 Å². The van der Waals surface area contributed by atoms with Gasteiger partial charge in [0.15, 0.2) is 0 Å². The maximum absolute atomic E-state index is 11.3. The molecule has 1 saturated carbocycles. The minimum absolute atomic E-state index is 0.0766. The molecule has 2 fully saturated rings. The molecule has 1 unspecified atom stereocenters. The molecule has 0 aromatic carbocycles. The van der Waals surface area contributed by atoms with Crippen LogP contribution in [0.15, 0.2) is 0 Å². The van der Waals surface area contributed by atoms with Gasteiger partial charge in [-0.1, -0.05) is 13.8 Å². The van der Waals surface area contributed by atoms with E-state index in [4.69, 9.17) is 9.47 Å². The van der Waals surface area contributed by atoms with E-state index in [1.165, 1.54) is 0 Å². The largest absolute Gasteiger partial charge is 0.481 e. The zero-order chi connectivity index (χ0) is 12.7. The van der Waals surface area contributed by atoms with Crippen LogP contribution in [0.25, 0.3) is 0 Å². The average Bonchev–Trinajstić information content (AvgIpc) is 2.84. The summed E-state index contributed by atoms with van der Waals surface area (Å²) in [5, 5.41) is 9.28. The van der Waals surface area contributed by atoms with Crippen molar-refractivity contribution < 1.29 is 19.4 Å². The van der Waals surface area contributed by atoms with E-state index in [0.717, 1.165) is 25.9 Å². The van der Waals surface area contributed by atoms with E-state index >= 15 is 0 Å². The second-order valence-corrected chi connectivity index (χ2v) is 5.92. The van der Waals surface area contributed by atoms with Gasteiger partial charge in [0.2, 0.25) is 0 Å². The Hall–Kier alpha value is -0.610. The first-order chi connectivity index (χ1) is 7.96. The highest BCUT2D eigenvalue weighted by molar-refractivity contribution is 5.76. The molecular weight excluding hydrogens is 220 g/mol. The highest BCUT2D eigenvalue weighted by atomic mass is 16.5. The average molecular weight is 242 g/mol. The molecule has 1 heterocycles. The minimum Gasteiger partial charge on any atom is -0.481 e. The molecular formula is C13H22O4. The molecule has 0 aromatic heterocycles. The van der Waals surface area contributed by atoms with Gasteiger partial charge in [0.1, 0.15) is 0 Å². The Morgan fingerprint density at radius 2 is 2.18 bits per heavy atom. The zero-order valence-corrected chi connectivity index (χ0v) is 10.9. The number of carboxylic acid groups (broad SMARTS) is 1. The summed E-state index contributed by atoms with van der Waals surface area (Å²) >= 11 is 0. The van der Waals surface area contributed by atoms with E-state index in [1.807, 2.05) is 13.8 Å². The highest BCUT2D eigenvalue weighted by Gasteiger charge is 2.70. The fourth-order valence-electron chi connectivity index (χ4n) is 3.65. The lowest BCUT2D eigenvalue weighted by Crippen LogP contribution is -2.44. The van der Waals surface area contributed by atoms with Crippen LogP contribution >= 0.6 is 0 Å². The first kappa shape index (κ1) is 12.8. The summed E-state index contributed by atoms with van der Waals surface area (Å²) in [5.41, 5.74) is -0.554. The van der Waals surface area contributed by atoms with Crippen LogP contribution in [0.3, 0.4) is 0 Å². The van der Waals surface area contributed by atoms with Crippen LogP contribution in [-0.4, -0.2) is 37.0 Å². The summed E-state index contributed by atoms with van der Waals surface area (Å²) in [6, 6.07) is 0. The number of hydrogen-bond donors (Lipinski definition) is 1. The first-order valence-electron chi connectivity index (χ1n) is 6.31. The molecule has 4 nitrogen and oxygen atoms in total. The molecule has 1 aliphatic heterocycles. The summed E-state index contributed by atoms with van der Waals surface area (Å²) in [5.74, 6) is -0.923. The lowest BCUT2D eigenvalue weighted by atomic mass is 9.85. The maximum Gasteiger partial charge on any atom is 0.307 e.